The molecule has 19 heavy (non-hydrogen) atoms. The second-order valence-corrected chi connectivity index (χ2v) is 5.87. The Labute approximate surface area is 117 Å². The second kappa shape index (κ2) is 4.98. The molecule has 1 aromatic heterocycles. The van der Waals surface area contributed by atoms with Crippen LogP contribution in [-0.2, 0) is 4.74 Å². The molecular weight excluding hydrogens is 266 g/mol. The molecular formula is C13H18ClN3O2. The van der Waals surface area contributed by atoms with E-state index in [-0.39, 0.29) is 23.4 Å². The van der Waals surface area contributed by atoms with Crippen molar-refractivity contribution in [1.82, 2.24) is 9.88 Å². The SMILES string of the molecule is CC1CN(C(=O)c2cc(N)ncc2Cl)CC(C)(C)O1. The van der Waals surface area contributed by atoms with Crippen molar-refractivity contribution in [1.29, 1.82) is 0 Å². The molecule has 0 saturated carbocycles. The Morgan fingerprint density at radius 3 is 2.95 bits per heavy atom. The van der Waals surface area contributed by atoms with Gasteiger partial charge >= 0.3 is 0 Å². The Morgan fingerprint density at radius 2 is 2.32 bits per heavy atom. The fraction of sp³-hybridized carbons (Fsp3) is 0.538. The standard InChI is InChI=1S/C13H18ClN3O2/c1-8-6-17(7-13(2,3)19-8)12(18)9-4-11(15)16-5-10(9)14/h4-5,8H,6-7H2,1-3H3,(H2,15,16). The van der Waals surface area contributed by atoms with Crippen LogP contribution in [0.3, 0.4) is 0 Å². The summed E-state index contributed by atoms with van der Waals surface area (Å²) < 4.78 is 5.78. The normalized spacial score (nSPS) is 22.3. The van der Waals surface area contributed by atoms with Gasteiger partial charge < -0.3 is 15.4 Å². The van der Waals surface area contributed by atoms with Crippen LogP contribution in [0.4, 0.5) is 5.82 Å². The van der Waals surface area contributed by atoms with Crippen molar-refractivity contribution in [3.63, 3.8) is 0 Å². The molecule has 0 spiro atoms. The summed E-state index contributed by atoms with van der Waals surface area (Å²) in [6.45, 7) is 6.94. The molecule has 0 aromatic carbocycles. The summed E-state index contributed by atoms with van der Waals surface area (Å²) in [5, 5.41) is 0.316. The van der Waals surface area contributed by atoms with Gasteiger partial charge in [-0.25, -0.2) is 4.98 Å². The molecule has 6 heteroatoms. The van der Waals surface area contributed by atoms with Gasteiger partial charge in [0, 0.05) is 19.3 Å². The maximum atomic E-state index is 12.5. The Kier molecular flexibility index (Phi) is 3.69. The summed E-state index contributed by atoms with van der Waals surface area (Å²) in [6, 6.07) is 1.51. The molecule has 1 unspecified atom stereocenters. The van der Waals surface area contributed by atoms with Crippen LogP contribution in [0.15, 0.2) is 12.3 Å². The van der Waals surface area contributed by atoms with Gasteiger partial charge in [0.1, 0.15) is 5.82 Å². The summed E-state index contributed by atoms with van der Waals surface area (Å²) in [5.41, 5.74) is 5.64. The number of halogens is 1. The number of amides is 1. The van der Waals surface area contributed by atoms with E-state index in [1.54, 1.807) is 4.90 Å². The van der Waals surface area contributed by atoms with Gasteiger partial charge in [0.15, 0.2) is 0 Å². The maximum Gasteiger partial charge on any atom is 0.255 e. The number of ether oxygens (including phenoxy) is 1. The van der Waals surface area contributed by atoms with Crippen molar-refractivity contribution in [2.75, 3.05) is 18.8 Å². The van der Waals surface area contributed by atoms with Crippen molar-refractivity contribution >= 4 is 23.3 Å². The number of morpholine rings is 1. The zero-order chi connectivity index (χ0) is 14.2. The molecule has 1 amide bonds. The zero-order valence-corrected chi connectivity index (χ0v) is 12.1. The number of nitrogen functional groups attached to an aromatic ring is 1. The average Bonchev–Trinajstić information content (AvgIpc) is 2.29. The van der Waals surface area contributed by atoms with Crippen LogP contribution < -0.4 is 5.73 Å². The van der Waals surface area contributed by atoms with E-state index in [1.165, 1.54) is 12.3 Å². The highest BCUT2D eigenvalue weighted by Crippen LogP contribution is 2.25. The minimum atomic E-state index is -0.363. The Balaban J connectivity index is 2.26. The second-order valence-electron chi connectivity index (χ2n) is 5.46. The van der Waals surface area contributed by atoms with Crippen LogP contribution in [-0.4, -0.2) is 40.6 Å². The third-order valence-electron chi connectivity index (χ3n) is 2.96. The molecule has 5 nitrogen and oxygen atoms in total. The van der Waals surface area contributed by atoms with E-state index in [4.69, 9.17) is 22.1 Å². The topological polar surface area (TPSA) is 68.5 Å². The smallest absolute Gasteiger partial charge is 0.255 e. The number of hydrogen-bond acceptors (Lipinski definition) is 4. The van der Waals surface area contributed by atoms with Crippen molar-refractivity contribution in [2.45, 2.75) is 32.5 Å². The number of aromatic nitrogens is 1. The van der Waals surface area contributed by atoms with E-state index < -0.39 is 0 Å². The van der Waals surface area contributed by atoms with E-state index in [1.807, 2.05) is 20.8 Å². The first-order valence-corrected chi connectivity index (χ1v) is 6.54. The van der Waals surface area contributed by atoms with Gasteiger partial charge in [-0.1, -0.05) is 11.6 Å². The Bertz CT molecular complexity index is 505. The van der Waals surface area contributed by atoms with Crippen LogP contribution >= 0.6 is 11.6 Å². The van der Waals surface area contributed by atoms with Crippen LogP contribution in [0.1, 0.15) is 31.1 Å². The van der Waals surface area contributed by atoms with Gasteiger partial charge in [-0.05, 0) is 26.8 Å². The number of rotatable bonds is 1. The molecule has 1 aliphatic rings. The van der Waals surface area contributed by atoms with Gasteiger partial charge in [0.05, 0.1) is 22.3 Å². The highest BCUT2D eigenvalue weighted by Gasteiger charge is 2.34. The quantitative estimate of drug-likeness (QED) is 0.855. The molecule has 1 saturated heterocycles. The summed E-state index contributed by atoms with van der Waals surface area (Å²) in [7, 11) is 0. The van der Waals surface area contributed by atoms with E-state index in [9.17, 15) is 4.79 Å². The van der Waals surface area contributed by atoms with Crippen molar-refractivity contribution < 1.29 is 9.53 Å². The fourth-order valence-electron chi connectivity index (χ4n) is 2.40. The zero-order valence-electron chi connectivity index (χ0n) is 11.3. The molecule has 2 heterocycles. The van der Waals surface area contributed by atoms with E-state index in [2.05, 4.69) is 4.98 Å². The third kappa shape index (κ3) is 3.16. The Morgan fingerprint density at radius 1 is 1.63 bits per heavy atom. The number of nitrogens with two attached hydrogens (primary N) is 1. The number of carbonyl (C=O) groups is 1. The molecule has 1 aromatic rings. The highest BCUT2D eigenvalue weighted by atomic mass is 35.5. The first-order valence-electron chi connectivity index (χ1n) is 6.16. The van der Waals surface area contributed by atoms with Crippen molar-refractivity contribution in [3.05, 3.63) is 22.8 Å². The fourth-order valence-corrected chi connectivity index (χ4v) is 2.58. The Hall–Kier alpha value is -1.33. The summed E-state index contributed by atoms with van der Waals surface area (Å²) >= 11 is 6.02. The number of hydrogen-bond donors (Lipinski definition) is 1. The molecule has 0 radical (unpaired) electrons. The minimum absolute atomic E-state index is 0.00865. The van der Waals surface area contributed by atoms with E-state index in [0.717, 1.165) is 0 Å². The molecule has 1 aliphatic heterocycles. The lowest BCUT2D eigenvalue weighted by Crippen LogP contribution is -2.53. The molecule has 2 rings (SSSR count). The highest BCUT2D eigenvalue weighted by molar-refractivity contribution is 6.33. The lowest BCUT2D eigenvalue weighted by molar-refractivity contribution is -0.118. The van der Waals surface area contributed by atoms with Crippen LogP contribution in [0.25, 0.3) is 0 Å². The monoisotopic (exact) mass is 283 g/mol. The largest absolute Gasteiger partial charge is 0.384 e. The molecule has 2 N–H and O–H groups in total. The lowest BCUT2D eigenvalue weighted by Gasteiger charge is -2.41. The van der Waals surface area contributed by atoms with Gasteiger partial charge in [0.25, 0.3) is 5.91 Å². The molecule has 104 valence electrons. The maximum absolute atomic E-state index is 12.5. The van der Waals surface area contributed by atoms with Crippen LogP contribution in [0.2, 0.25) is 5.02 Å². The average molecular weight is 284 g/mol. The summed E-state index contributed by atoms with van der Waals surface area (Å²) in [5.74, 6) is 0.149. The first-order chi connectivity index (χ1) is 8.78. The summed E-state index contributed by atoms with van der Waals surface area (Å²) in [4.78, 5) is 18.1. The molecule has 1 fully saturated rings. The molecule has 0 bridgehead atoms. The van der Waals surface area contributed by atoms with Gasteiger partial charge in [0.2, 0.25) is 0 Å². The number of nitrogens with zero attached hydrogens (tertiary/aromatic N) is 2. The minimum Gasteiger partial charge on any atom is -0.384 e. The third-order valence-corrected chi connectivity index (χ3v) is 3.26. The number of pyridine rings is 1. The van der Waals surface area contributed by atoms with Crippen molar-refractivity contribution in [3.8, 4) is 0 Å². The van der Waals surface area contributed by atoms with Crippen LogP contribution in [0, 0.1) is 0 Å². The van der Waals surface area contributed by atoms with E-state index in [0.29, 0.717) is 23.7 Å². The molecule has 1 atom stereocenters. The lowest BCUT2D eigenvalue weighted by atomic mass is 10.0. The predicted molar refractivity (Wildman–Crippen MR) is 74.2 cm³/mol. The van der Waals surface area contributed by atoms with Crippen LogP contribution in [0.5, 0.6) is 0 Å². The molecule has 0 aliphatic carbocycles. The van der Waals surface area contributed by atoms with Gasteiger partial charge in [-0.2, -0.15) is 0 Å². The number of anilines is 1. The first kappa shape index (κ1) is 14.1. The predicted octanol–water partition coefficient (Wildman–Crippen LogP) is 1.96. The van der Waals surface area contributed by atoms with Gasteiger partial charge in [-0.3, -0.25) is 4.79 Å². The number of carbonyl (C=O) groups excluding carboxylic acids is 1. The van der Waals surface area contributed by atoms with Crippen molar-refractivity contribution in [2.24, 2.45) is 0 Å². The van der Waals surface area contributed by atoms with E-state index >= 15 is 0 Å². The van der Waals surface area contributed by atoms with Gasteiger partial charge in [-0.15, -0.1) is 0 Å². The summed E-state index contributed by atoms with van der Waals surface area (Å²) in [6.07, 6.45) is 1.39.